The number of nitrogens with zero attached hydrogens (tertiary/aromatic N) is 1. The average molecular weight is 537 g/mol. The van der Waals surface area contributed by atoms with Gasteiger partial charge in [0.2, 0.25) is 10.0 Å². The molecule has 0 aliphatic carbocycles. The molecule has 0 bridgehead atoms. The second-order valence-electron chi connectivity index (χ2n) is 6.43. The summed E-state index contributed by atoms with van der Waals surface area (Å²) in [6, 6.07) is 11.5. The van der Waals surface area contributed by atoms with Crippen LogP contribution in [0, 0.1) is 0 Å². The lowest BCUT2D eigenvalue weighted by molar-refractivity contribution is 0.569. The normalized spacial score (nSPS) is 11.9. The fraction of sp³-hybridized carbons (Fsp3) is 0.421. The van der Waals surface area contributed by atoms with Crippen LogP contribution >= 0.6 is 35.3 Å². The van der Waals surface area contributed by atoms with Gasteiger partial charge in [-0.2, -0.15) is 0 Å². The summed E-state index contributed by atoms with van der Waals surface area (Å²) in [7, 11) is -3.37. The maximum absolute atomic E-state index is 12.3. The summed E-state index contributed by atoms with van der Waals surface area (Å²) in [4.78, 5) is 5.85. The van der Waals surface area contributed by atoms with E-state index in [9.17, 15) is 8.42 Å². The molecule has 156 valence electrons. The zero-order chi connectivity index (χ0) is 19.7. The maximum Gasteiger partial charge on any atom is 0.216 e. The van der Waals surface area contributed by atoms with Crippen molar-refractivity contribution in [3.8, 4) is 0 Å². The summed E-state index contributed by atoms with van der Waals surface area (Å²) < 4.78 is 27.2. The van der Waals surface area contributed by atoms with Gasteiger partial charge in [0, 0.05) is 17.5 Å². The molecule has 0 saturated carbocycles. The van der Waals surface area contributed by atoms with Crippen LogP contribution in [-0.4, -0.2) is 27.0 Å². The van der Waals surface area contributed by atoms with Crippen molar-refractivity contribution in [2.24, 2.45) is 4.99 Å². The van der Waals surface area contributed by atoms with E-state index in [1.807, 2.05) is 56.5 Å². The molecule has 28 heavy (non-hydrogen) atoms. The Hall–Kier alpha value is -1.17. The molecule has 1 heterocycles. The van der Waals surface area contributed by atoms with Crippen LogP contribution in [0.15, 0.2) is 46.8 Å². The van der Waals surface area contributed by atoms with Crippen molar-refractivity contribution in [3.63, 3.8) is 0 Å². The fourth-order valence-electron chi connectivity index (χ4n) is 2.55. The second-order valence-corrected chi connectivity index (χ2v) is 9.21. The smallest absolute Gasteiger partial charge is 0.216 e. The summed E-state index contributed by atoms with van der Waals surface area (Å²) >= 11 is 1.69. The van der Waals surface area contributed by atoms with E-state index in [2.05, 4.69) is 26.4 Å². The van der Waals surface area contributed by atoms with Gasteiger partial charge >= 0.3 is 0 Å². The lowest BCUT2D eigenvalue weighted by Crippen LogP contribution is -2.36. The Balaban J connectivity index is 0.00000392. The zero-order valence-corrected chi connectivity index (χ0v) is 20.4. The van der Waals surface area contributed by atoms with Gasteiger partial charge < -0.3 is 10.6 Å². The van der Waals surface area contributed by atoms with Crippen LogP contribution < -0.4 is 15.4 Å². The molecule has 0 fully saturated rings. The molecular weight excluding hydrogens is 507 g/mol. The van der Waals surface area contributed by atoms with Gasteiger partial charge in [-0.1, -0.05) is 30.3 Å². The number of guanidine groups is 1. The van der Waals surface area contributed by atoms with E-state index in [4.69, 9.17) is 0 Å². The Morgan fingerprint density at radius 2 is 1.82 bits per heavy atom. The van der Waals surface area contributed by atoms with Crippen molar-refractivity contribution in [2.75, 3.05) is 6.54 Å². The van der Waals surface area contributed by atoms with Crippen molar-refractivity contribution in [2.45, 2.75) is 45.7 Å². The van der Waals surface area contributed by atoms with Crippen molar-refractivity contribution in [1.82, 2.24) is 15.4 Å². The summed E-state index contributed by atoms with van der Waals surface area (Å²) in [5.74, 6) is 0.666. The quantitative estimate of drug-likeness (QED) is 0.261. The van der Waals surface area contributed by atoms with Crippen molar-refractivity contribution in [1.29, 1.82) is 0 Å². The van der Waals surface area contributed by atoms with E-state index < -0.39 is 10.0 Å². The molecular formula is C19H29IN4O2S2. The Morgan fingerprint density at radius 3 is 2.43 bits per heavy atom. The van der Waals surface area contributed by atoms with Crippen LogP contribution in [0.5, 0.6) is 0 Å². The summed E-state index contributed by atoms with van der Waals surface area (Å²) in [6.07, 6.45) is 0. The van der Waals surface area contributed by atoms with Gasteiger partial charge in [-0.15, -0.1) is 35.3 Å². The number of thiophene rings is 1. The van der Waals surface area contributed by atoms with E-state index in [1.165, 1.54) is 4.88 Å². The number of nitrogens with one attached hydrogen (secondary N) is 3. The molecule has 3 N–H and O–H groups in total. The SMILES string of the molecule is CCNC(=NCc1ccccc1CS(=O)(=O)NC(C)C)NCc1cccs1.I. The van der Waals surface area contributed by atoms with E-state index in [-0.39, 0.29) is 35.8 Å². The monoisotopic (exact) mass is 536 g/mol. The van der Waals surface area contributed by atoms with Crippen LogP contribution in [-0.2, 0) is 28.9 Å². The van der Waals surface area contributed by atoms with Gasteiger partial charge in [-0.25, -0.2) is 18.1 Å². The minimum atomic E-state index is -3.37. The minimum Gasteiger partial charge on any atom is -0.357 e. The molecule has 0 saturated heterocycles. The molecule has 2 aromatic rings. The largest absolute Gasteiger partial charge is 0.357 e. The zero-order valence-electron chi connectivity index (χ0n) is 16.4. The number of aliphatic imine (C=N–C) groups is 1. The standard InChI is InChI=1S/C19H28N4O2S2.HI/c1-4-20-19(22-13-18-10-7-11-26-18)21-12-16-8-5-6-9-17(16)14-27(24,25)23-15(2)3;/h5-11,15,23H,4,12-14H2,1-3H3,(H2,20,21,22);1H. The first kappa shape index (κ1) is 24.9. The molecule has 1 aromatic heterocycles. The molecule has 0 atom stereocenters. The number of hydrogen-bond donors (Lipinski definition) is 3. The van der Waals surface area contributed by atoms with Crippen molar-refractivity contribution in [3.05, 3.63) is 57.8 Å². The van der Waals surface area contributed by atoms with E-state index in [0.717, 1.165) is 17.7 Å². The number of hydrogen-bond acceptors (Lipinski definition) is 4. The molecule has 0 unspecified atom stereocenters. The molecule has 0 aliphatic heterocycles. The topological polar surface area (TPSA) is 82.6 Å². The predicted octanol–water partition coefficient (Wildman–Crippen LogP) is 3.45. The average Bonchev–Trinajstić information content (AvgIpc) is 3.10. The molecule has 1 aromatic carbocycles. The highest BCUT2D eigenvalue weighted by Crippen LogP contribution is 2.14. The fourth-order valence-corrected chi connectivity index (χ4v) is 4.69. The lowest BCUT2D eigenvalue weighted by atomic mass is 10.1. The van der Waals surface area contributed by atoms with Gasteiger partial charge in [-0.05, 0) is 43.3 Å². The van der Waals surface area contributed by atoms with E-state index in [1.54, 1.807) is 11.3 Å². The highest BCUT2D eigenvalue weighted by Gasteiger charge is 2.15. The number of benzene rings is 1. The van der Waals surface area contributed by atoms with Gasteiger partial charge in [0.05, 0.1) is 18.8 Å². The third-order valence-corrected chi connectivity index (χ3v) is 6.04. The molecule has 2 rings (SSSR count). The first-order chi connectivity index (χ1) is 12.9. The Kier molecular flexibility index (Phi) is 11.0. The van der Waals surface area contributed by atoms with Gasteiger partial charge in [-0.3, -0.25) is 0 Å². The Morgan fingerprint density at radius 1 is 1.11 bits per heavy atom. The molecule has 9 heteroatoms. The van der Waals surface area contributed by atoms with E-state index in [0.29, 0.717) is 19.0 Å². The summed E-state index contributed by atoms with van der Waals surface area (Å²) in [5.41, 5.74) is 1.67. The van der Waals surface area contributed by atoms with Crippen LogP contribution in [0.3, 0.4) is 0 Å². The third-order valence-electron chi connectivity index (χ3n) is 3.64. The van der Waals surface area contributed by atoms with Crippen molar-refractivity contribution < 1.29 is 8.42 Å². The van der Waals surface area contributed by atoms with Gasteiger partial charge in [0.25, 0.3) is 0 Å². The summed E-state index contributed by atoms with van der Waals surface area (Å²) in [6.45, 7) is 7.52. The molecule has 0 spiro atoms. The Labute approximate surface area is 189 Å². The molecule has 0 amide bonds. The first-order valence-corrected chi connectivity index (χ1v) is 11.5. The van der Waals surface area contributed by atoms with Crippen LogP contribution in [0.2, 0.25) is 0 Å². The van der Waals surface area contributed by atoms with Gasteiger partial charge in [0.15, 0.2) is 5.96 Å². The minimum absolute atomic E-state index is 0. The maximum atomic E-state index is 12.3. The molecule has 6 nitrogen and oxygen atoms in total. The molecule has 0 radical (unpaired) electrons. The van der Waals surface area contributed by atoms with E-state index >= 15 is 0 Å². The Bertz CT molecular complexity index is 837. The summed E-state index contributed by atoms with van der Waals surface area (Å²) in [5, 5.41) is 8.57. The van der Waals surface area contributed by atoms with Crippen LogP contribution in [0.4, 0.5) is 0 Å². The number of halogens is 1. The predicted molar refractivity (Wildman–Crippen MR) is 129 cm³/mol. The van der Waals surface area contributed by atoms with Crippen molar-refractivity contribution >= 4 is 51.3 Å². The van der Waals surface area contributed by atoms with Crippen LogP contribution in [0.1, 0.15) is 36.8 Å². The third kappa shape index (κ3) is 8.89. The van der Waals surface area contributed by atoms with Gasteiger partial charge in [0.1, 0.15) is 0 Å². The number of sulfonamides is 1. The number of rotatable bonds is 9. The van der Waals surface area contributed by atoms with Crippen LogP contribution in [0.25, 0.3) is 0 Å². The molecule has 0 aliphatic rings. The first-order valence-electron chi connectivity index (χ1n) is 9.01. The lowest BCUT2D eigenvalue weighted by Gasteiger charge is -2.13. The highest BCUT2D eigenvalue weighted by atomic mass is 127. The second kappa shape index (κ2) is 12.4. The highest BCUT2D eigenvalue weighted by molar-refractivity contribution is 14.0.